The van der Waals surface area contributed by atoms with Gasteiger partial charge in [-0.15, -0.1) is 0 Å². The SMILES string of the molecule is CC(C)C1CC[C@@H](C)CC1C(=O)NCCc1ccccn1. The van der Waals surface area contributed by atoms with Gasteiger partial charge in [-0.25, -0.2) is 0 Å². The van der Waals surface area contributed by atoms with Crippen molar-refractivity contribution in [1.29, 1.82) is 0 Å². The number of aromatic nitrogens is 1. The number of pyridine rings is 1. The lowest BCUT2D eigenvalue weighted by molar-refractivity contribution is -0.129. The Kier molecular flexibility index (Phi) is 5.77. The van der Waals surface area contributed by atoms with Crippen LogP contribution in [0.25, 0.3) is 0 Å². The molecule has 21 heavy (non-hydrogen) atoms. The number of hydrogen-bond donors (Lipinski definition) is 1. The number of amides is 1. The smallest absolute Gasteiger partial charge is 0.223 e. The Morgan fingerprint density at radius 3 is 2.86 bits per heavy atom. The molecule has 0 radical (unpaired) electrons. The average Bonchev–Trinajstić information content (AvgIpc) is 2.47. The molecule has 2 unspecified atom stereocenters. The van der Waals surface area contributed by atoms with Crippen molar-refractivity contribution < 1.29 is 4.79 Å². The minimum absolute atomic E-state index is 0.192. The van der Waals surface area contributed by atoms with Crippen LogP contribution in [0.5, 0.6) is 0 Å². The number of carbonyl (C=O) groups excluding carboxylic acids is 1. The highest BCUT2D eigenvalue weighted by Crippen LogP contribution is 2.37. The molecule has 0 spiro atoms. The number of rotatable bonds is 5. The molecule has 1 aliphatic rings. The van der Waals surface area contributed by atoms with Gasteiger partial charge in [-0.05, 0) is 42.7 Å². The first-order valence-corrected chi connectivity index (χ1v) is 8.25. The van der Waals surface area contributed by atoms with Gasteiger partial charge >= 0.3 is 0 Å². The van der Waals surface area contributed by atoms with Gasteiger partial charge in [0.25, 0.3) is 0 Å². The Hall–Kier alpha value is -1.38. The van der Waals surface area contributed by atoms with Gasteiger partial charge in [-0.2, -0.15) is 0 Å². The zero-order chi connectivity index (χ0) is 15.2. The summed E-state index contributed by atoms with van der Waals surface area (Å²) in [6.45, 7) is 7.44. The lowest BCUT2D eigenvalue weighted by Gasteiger charge is -2.36. The molecule has 1 amide bonds. The van der Waals surface area contributed by atoms with Crippen LogP contribution in [0, 0.1) is 23.7 Å². The second-order valence-electron chi connectivity index (χ2n) is 6.79. The standard InChI is InChI=1S/C18H28N2O/c1-13(2)16-8-7-14(3)12-17(16)18(21)20-11-9-15-6-4-5-10-19-15/h4-6,10,13-14,16-17H,7-9,11-12H2,1-3H3,(H,20,21)/t14-,16?,17?/m1/s1. The molecule has 3 nitrogen and oxygen atoms in total. The van der Waals surface area contributed by atoms with Gasteiger partial charge in [-0.1, -0.05) is 33.3 Å². The second-order valence-corrected chi connectivity index (χ2v) is 6.79. The van der Waals surface area contributed by atoms with E-state index in [0.717, 1.165) is 18.5 Å². The van der Waals surface area contributed by atoms with Crippen molar-refractivity contribution in [3.05, 3.63) is 30.1 Å². The van der Waals surface area contributed by atoms with Crippen molar-refractivity contribution in [3.8, 4) is 0 Å². The zero-order valence-corrected chi connectivity index (χ0v) is 13.5. The first kappa shape index (κ1) is 16.0. The van der Waals surface area contributed by atoms with E-state index in [9.17, 15) is 4.79 Å². The summed E-state index contributed by atoms with van der Waals surface area (Å²) >= 11 is 0. The average molecular weight is 288 g/mol. The highest BCUT2D eigenvalue weighted by Gasteiger charge is 2.35. The summed E-state index contributed by atoms with van der Waals surface area (Å²) in [6.07, 6.45) is 6.10. The third-order valence-corrected chi connectivity index (χ3v) is 4.77. The molecule has 1 heterocycles. The first-order chi connectivity index (χ1) is 10.1. The van der Waals surface area contributed by atoms with Crippen molar-refractivity contribution in [2.45, 2.75) is 46.5 Å². The molecule has 0 saturated heterocycles. The summed E-state index contributed by atoms with van der Waals surface area (Å²) in [7, 11) is 0. The Morgan fingerprint density at radius 1 is 1.38 bits per heavy atom. The van der Waals surface area contributed by atoms with Crippen molar-refractivity contribution in [3.63, 3.8) is 0 Å². The summed E-state index contributed by atoms with van der Waals surface area (Å²) in [6, 6.07) is 5.91. The van der Waals surface area contributed by atoms with Gasteiger partial charge in [0, 0.05) is 30.8 Å². The van der Waals surface area contributed by atoms with Gasteiger partial charge in [-0.3, -0.25) is 9.78 Å². The molecule has 3 heteroatoms. The van der Waals surface area contributed by atoms with Crippen LogP contribution in [0.4, 0.5) is 0 Å². The summed E-state index contributed by atoms with van der Waals surface area (Å²) in [5.41, 5.74) is 1.04. The van der Waals surface area contributed by atoms with Gasteiger partial charge in [0.1, 0.15) is 0 Å². The molecule has 1 saturated carbocycles. The Morgan fingerprint density at radius 2 is 2.19 bits per heavy atom. The maximum Gasteiger partial charge on any atom is 0.223 e. The highest BCUT2D eigenvalue weighted by molar-refractivity contribution is 5.79. The largest absolute Gasteiger partial charge is 0.355 e. The third-order valence-electron chi connectivity index (χ3n) is 4.77. The predicted molar refractivity (Wildman–Crippen MR) is 85.8 cm³/mol. The molecule has 1 N–H and O–H groups in total. The Bertz CT molecular complexity index is 444. The lowest BCUT2D eigenvalue weighted by atomic mass is 9.70. The lowest BCUT2D eigenvalue weighted by Crippen LogP contribution is -2.40. The normalized spacial score (nSPS) is 25.8. The van der Waals surface area contributed by atoms with Crippen molar-refractivity contribution in [2.75, 3.05) is 6.54 Å². The quantitative estimate of drug-likeness (QED) is 0.901. The molecule has 1 aromatic rings. The fourth-order valence-corrected chi connectivity index (χ4v) is 3.49. The molecule has 1 aromatic heterocycles. The fourth-order valence-electron chi connectivity index (χ4n) is 3.49. The maximum atomic E-state index is 12.5. The zero-order valence-electron chi connectivity index (χ0n) is 13.5. The van der Waals surface area contributed by atoms with Gasteiger partial charge in [0.15, 0.2) is 0 Å². The van der Waals surface area contributed by atoms with E-state index in [4.69, 9.17) is 0 Å². The van der Waals surface area contributed by atoms with Crippen LogP contribution in [0.1, 0.15) is 45.7 Å². The van der Waals surface area contributed by atoms with Crippen LogP contribution >= 0.6 is 0 Å². The molecule has 1 fully saturated rings. The highest BCUT2D eigenvalue weighted by atomic mass is 16.1. The topological polar surface area (TPSA) is 42.0 Å². The molecule has 116 valence electrons. The molecule has 3 atom stereocenters. The van der Waals surface area contributed by atoms with Crippen LogP contribution in [0.15, 0.2) is 24.4 Å². The third kappa shape index (κ3) is 4.55. The van der Waals surface area contributed by atoms with E-state index in [1.807, 2.05) is 18.2 Å². The van der Waals surface area contributed by atoms with Crippen LogP contribution in [-0.4, -0.2) is 17.4 Å². The molecular formula is C18H28N2O. The summed E-state index contributed by atoms with van der Waals surface area (Å²) in [5, 5.41) is 3.13. The molecule has 0 bridgehead atoms. The molecule has 1 aliphatic carbocycles. The minimum Gasteiger partial charge on any atom is -0.355 e. The Balaban J connectivity index is 1.85. The van der Waals surface area contributed by atoms with E-state index >= 15 is 0 Å². The molecule has 2 rings (SSSR count). The molecule has 0 aliphatic heterocycles. The number of nitrogens with one attached hydrogen (secondary N) is 1. The first-order valence-electron chi connectivity index (χ1n) is 8.25. The minimum atomic E-state index is 0.192. The van der Waals surface area contributed by atoms with Crippen molar-refractivity contribution >= 4 is 5.91 Å². The van der Waals surface area contributed by atoms with Crippen LogP contribution < -0.4 is 5.32 Å². The predicted octanol–water partition coefficient (Wildman–Crippen LogP) is 3.45. The number of carbonyl (C=O) groups is 1. The summed E-state index contributed by atoms with van der Waals surface area (Å²) in [4.78, 5) is 16.8. The number of nitrogens with zero attached hydrogens (tertiary/aromatic N) is 1. The van der Waals surface area contributed by atoms with Gasteiger partial charge in [0.05, 0.1) is 0 Å². The van der Waals surface area contributed by atoms with E-state index in [2.05, 4.69) is 31.1 Å². The summed E-state index contributed by atoms with van der Waals surface area (Å²) < 4.78 is 0. The molecule has 0 aromatic carbocycles. The van der Waals surface area contributed by atoms with E-state index in [0.29, 0.717) is 24.3 Å². The van der Waals surface area contributed by atoms with E-state index < -0.39 is 0 Å². The second kappa shape index (κ2) is 7.58. The van der Waals surface area contributed by atoms with E-state index in [1.54, 1.807) is 6.20 Å². The van der Waals surface area contributed by atoms with Gasteiger partial charge < -0.3 is 5.32 Å². The Labute approximate surface area is 128 Å². The van der Waals surface area contributed by atoms with E-state index in [-0.39, 0.29) is 11.8 Å². The van der Waals surface area contributed by atoms with Crippen LogP contribution in [-0.2, 0) is 11.2 Å². The number of hydrogen-bond acceptors (Lipinski definition) is 2. The maximum absolute atomic E-state index is 12.5. The van der Waals surface area contributed by atoms with Crippen molar-refractivity contribution in [1.82, 2.24) is 10.3 Å². The van der Waals surface area contributed by atoms with E-state index in [1.165, 1.54) is 12.8 Å². The van der Waals surface area contributed by atoms with Gasteiger partial charge in [0.2, 0.25) is 5.91 Å². The fraction of sp³-hybridized carbons (Fsp3) is 0.667. The summed E-state index contributed by atoms with van der Waals surface area (Å²) in [5.74, 6) is 2.24. The van der Waals surface area contributed by atoms with Crippen LogP contribution in [0.2, 0.25) is 0 Å². The van der Waals surface area contributed by atoms with Crippen LogP contribution in [0.3, 0.4) is 0 Å². The molecular weight excluding hydrogens is 260 g/mol. The monoisotopic (exact) mass is 288 g/mol. The van der Waals surface area contributed by atoms with Crippen molar-refractivity contribution in [2.24, 2.45) is 23.7 Å².